The Hall–Kier alpha value is -3.41. The van der Waals surface area contributed by atoms with Gasteiger partial charge in [-0.1, -0.05) is 0 Å². The largest absolute Gasteiger partial charge is 0.389 e. The Morgan fingerprint density at radius 1 is 1.20 bits per heavy atom. The van der Waals surface area contributed by atoms with Gasteiger partial charge >= 0.3 is 0 Å². The SMILES string of the molecule is CC(C)(C)F.O=C(CNC(=O)c1cc2cc(F)cc(F)c2[nH]1)N[C@@H](C[C@@H]1CCNC1=O)C(=O)CO. The molecule has 192 valence electrons. The minimum absolute atomic E-state index is 0.0395. The monoisotopic (exact) mass is 498 g/mol. The molecule has 5 N–H and O–H groups in total. The third kappa shape index (κ3) is 8.71. The number of Topliss-reactive ketones (excluding diaryl/α,β-unsaturated/α-hetero) is 1. The summed E-state index contributed by atoms with van der Waals surface area (Å²) in [5, 5.41) is 16.6. The predicted octanol–water partition coefficient (Wildman–Crippen LogP) is 1.50. The molecule has 1 aromatic carbocycles. The second kappa shape index (κ2) is 11.8. The molecule has 0 bridgehead atoms. The Morgan fingerprint density at radius 2 is 1.86 bits per heavy atom. The summed E-state index contributed by atoms with van der Waals surface area (Å²) in [5.74, 6) is -4.42. The summed E-state index contributed by atoms with van der Waals surface area (Å²) < 4.78 is 38.7. The lowest BCUT2D eigenvalue weighted by molar-refractivity contribution is -0.130. The van der Waals surface area contributed by atoms with E-state index in [4.69, 9.17) is 5.11 Å². The Morgan fingerprint density at radius 3 is 2.43 bits per heavy atom. The highest BCUT2D eigenvalue weighted by Gasteiger charge is 2.31. The molecule has 2 heterocycles. The van der Waals surface area contributed by atoms with E-state index in [9.17, 15) is 32.3 Å². The first-order valence-electron chi connectivity index (χ1n) is 10.9. The fraction of sp³-hybridized carbons (Fsp3) is 0.478. The lowest BCUT2D eigenvalue weighted by Crippen LogP contribution is -2.47. The number of carbonyl (C=O) groups is 4. The number of fused-ring (bicyclic) bond motifs is 1. The predicted molar refractivity (Wildman–Crippen MR) is 121 cm³/mol. The van der Waals surface area contributed by atoms with E-state index in [2.05, 4.69) is 20.9 Å². The van der Waals surface area contributed by atoms with Crippen LogP contribution < -0.4 is 16.0 Å². The number of ketones is 1. The fourth-order valence-corrected chi connectivity index (χ4v) is 3.32. The van der Waals surface area contributed by atoms with E-state index in [0.717, 1.165) is 6.07 Å². The van der Waals surface area contributed by atoms with Gasteiger partial charge in [-0.05, 0) is 45.7 Å². The number of hydrogen-bond acceptors (Lipinski definition) is 5. The minimum atomic E-state index is -1.07. The van der Waals surface area contributed by atoms with Crippen molar-refractivity contribution in [1.82, 2.24) is 20.9 Å². The molecule has 1 aliphatic heterocycles. The van der Waals surface area contributed by atoms with Gasteiger partial charge in [0, 0.05) is 23.9 Å². The van der Waals surface area contributed by atoms with E-state index in [0.29, 0.717) is 19.0 Å². The van der Waals surface area contributed by atoms with Crippen molar-refractivity contribution < 1.29 is 37.5 Å². The van der Waals surface area contributed by atoms with Crippen LogP contribution in [0, 0.1) is 17.6 Å². The number of amides is 3. The third-order valence-electron chi connectivity index (χ3n) is 4.86. The Balaban J connectivity index is 0.000000784. The van der Waals surface area contributed by atoms with Crippen LogP contribution in [-0.2, 0) is 14.4 Å². The van der Waals surface area contributed by atoms with E-state index in [1.54, 1.807) is 0 Å². The van der Waals surface area contributed by atoms with Gasteiger partial charge in [-0.3, -0.25) is 19.2 Å². The second-order valence-corrected chi connectivity index (χ2v) is 9.04. The second-order valence-electron chi connectivity index (χ2n) is 9.04. The zero-order chi connectivity index (χ0) is 26.3. The highest BCUT2D eigenvalue weighted by Crippen LogP contribution is 2.20. The van der Waals surface area contributed by atoms with Crippen molar-refractivity contribution in [3.63, 3.8) is 0 Å². The lowest BCUT2D eigenvalue weighted by atomic mass is 9.96. The zero-order valence-electron chi connectivity index (χ0n) is 19.6. The molecule has 2 atom stereocenters. The van der Waals surface area contributed by atoms with Crippen LogP contribution in [0.5, 0.6) is 0 Å². The number of aromatic nitrogens is 1. The molecule has 0 aliphatic carbocycles. The number of H-pyrrole nitrogens is 1. The average Bonchev–Trinajstić information content (AvgIpc) is 3.36. The standard InChI is InChI=1S/C19H20F2N4O5.C4H9F/c20-11-3-10-5-14(25-17(10)12(21)6-11)19(30)23-7-16(28)24-13(15(27)8-26)4-9-1-2-22-18(9)29;1-4(2,3)5/h3,5-6,9,13,25-26H,1-2,4,7-8H2,(H,22,29)(H,23,30)(H,24,28);1-3H3/t9-,13-;/m0./s1. The van der Waals surface area contributed by atoms with Gasteiger partial charge in [-0.2, -0.15) is 0 Å². The van der Waals surface area contributed by atoms with Crippen molar-refractivity contribution in [2.45, 2.75) is 45.3 Å². The number of nitrogens with one attached hydrogen (secondary N) is 4. The molecular weight excluding hydrogens is 469 g/mol. The third-order valence-corrected chi connectivity index (χ3v) is 4.86. The maximum Gasteiger partial charge on any atom is 0.268 e. The molecule has 1 aromatic heterocycles. The molecule has 0 radical (unpaired) electrons. The van der Waals surface area contributed by atoms with Crippen molar-refractivity contribution in [2.24, 2.45) is 5.92 Å². The molecule has 2 aromatic rings. The molecule has 9 nitrogen and oxygen atoms in total. The van der Waals surface area contributed by atoms with Crippen molar-refractivity contribution in [1.29, 1.82) is 0 Å². The molecule has 0 unspecified atom stereocenters. The minimum Gasteiger partial charge on any atom is -0.389 e. The van der Waals surface area contributed by atoms with Crippen LogP contribution in [0.1, 0.15) is 44.1 Å². The van der Waals surface area contributed by atoms with Gasteiger partial charge in [0.25, 0.3) is 5.91 Å². The maximum absolute atomic E-state index is 13.7. The summed E-state index contributed by atoms with van der Waals surface area (Å²) in [6, 6.07) is 1.91. The molecule has 3 amide bonds. The number of halogens is 3. The van der Waals surface area contributed by atoms with E-state index in [1.165, 1.54) is 26.8 Å². The molecule has 35 heavy (non-hydrogen) atoms. The van der Waals surface area contributed by atoms with Crippen LogP contribution in [-0.4, -0.2) is 65.0 Å². The quantitative estimate of drug-likeness (QED) is 0.375. The summed E-state index contributed by atoms with van der Waals surface area (Å²) in [5.41, 5.74) is -1.12. The van der Waals surface area contributed by atoms with E-state index < -0.39 is 60.0 Å². The Labute approximate surface area is 199 Å². The van der Waals surface area contributed by atoms with E-state index in [1.807, 2.05) is 0 Å². The van der Waals surface area contributed by atoms with Crippen molar-refractivity contribution >= 4 is 34.4 Å². The van der Waals surface area contributed by atoms with Crippen molar-refractivity contribution in [3.05, 3.63) is 35.5 Å². The number of benzene rings is 1. The maximum atomic E-state index is 13.7. The number of alkyl halides is 1. The summed E-state index contributed by atoms with van der Waals surface area (Å²) in [6.45, 7) is 3.73. The molecular formula is C23H29F3N4O5. The number of aromatic amines is 1. The van der Waals surface area contributed by atoms with Crippen LogP contribution in [0.2, 0.25) is 0 Å². The van der Waals surface area contributed by atoms with Crippen LogP contribution in [0.3, 0.4) is 0 Å². The van der Waals surface area contributed by atoms with Gasteiger partial charge in [0.05, 0.1) is 18.1 Å². The Bertz CT molecular complexity index is 1090. The van der Waals surface area contributed by atoms with Gasteiger partial charge < -0.3 is 26.0 Å². The lowest BCUT2D eigenvalue weighted by Gasteiger charge is -2.19. The van der Waals surface area contributed by atoms with Gasteiger partial charge in [-0.25, -0.2) is 13.2 Å². The van der Waals surface area contributed by atoms with Gasteiger partial charge in [0.15, 0.2) is 5.78 Å². The van der Waals surface area contributed by atoms with Gasteiger partial charge in [0.1, 0.15) is 29.6 Å². The van der Waals surface area contributed by atoms with Crippen molar-refractivity contribution in [3.8, 4) is 0 Å². The number of hydrogen-bond donors (Lipinski definition) is 5. The number of carbonyl (C=O) groups excluding carboxylic acids is 4. The molecule has 1 fully saturated rings. The molecule has 1 saturated heterocycles. The van der Waals surface area contributed by atoms with Crippen molar-refractivity contribution in [2.75, 3.05) is 19.7 Å². The molecule has 12 heteroatoms. The van der Waals surface area contributed by atoms with E-state index in [-0.39, 0.29) is 28.9 Å². The smallest absolute Gasteiger partial charge is 0.268 e. The highest BCUT2D eigenvalue weighted by molar-refractivity contribution is 6.00. The molecule has 1 aliphatic rings. The molecule has 3 rings (SSSR count). The first kappa shape index (κ1) is 27.8. The highest BCUT2D eigenvalue weighted by atomic mass is 19.1. The van der Waals surface area contributed by atoms with Crippen LogP contribution in [0.4, 0.5) is 13.2 Å². The van der Waals surface area contributed by atoms with Crippen LogP contribution in [0.25, 0.3) is 10.9 Å². The number of aliphatic hydroxyl groups excluding tert-OH is 1. The molecule has 0 saturated carbocycles. The normalized spacial score (nSPS) is 16.2. The first-order valence-corrected chi connectivity index (χ1v) is 10.9. The Kier molecular flexibility index (Phi) is 9.40. The summed E-state index contributed by atoms with van der Waals surface area (Å²) in [4.78, 5) is 50.5. The zero-order valence-corrected chi connectivity index (χ0v) is 19.6. The summed E-state index contributed by atoms with van der Waals surface area (Å²) in [7, 11) is 0. The van der Waals surface area contributed by atoms with Crippen LogP contribution >= 0.6 is 0 Å². The topological polar surface area (TPSA) is 140 Å². The van der Waals surface area contributed by atoms with Gasteiger partial charge in [0.2, 0.25) is 11.8 Å². The van der Waals surface area contributed by atoms with Gasteiger partial charge in [-0.15, -0.1) is 0 Å². The summed E-state index contributed by atoms with van der Waals surface area (Å²) in [6.07, 6.45) is 0.552. The first-order chi connectivity index (χ1) is 16.3. The molecule has 0 spiro atoms. The summed E-state index contributed by atoms with van der Waals surface area (Å²) >= 11 is 0. The van der Waals surface area contributed by atoms with E-state index >= 15 is 0 Å². The number of aliphatic hydroxyl groups is 1. The fourth-order valence-electron chi connectivity index (χ4n) is 3.32. The average molecular weight is 499 g/mol. The number of rotatable bonds is 8. The van der Waals surface area contributed by atoms with Crippen LogP contribution in [0.15, 0.2) is 18.2 Å².